The standard InChI is InChI=1S/C57H40BN3SSi/c1-39-36-49-54-50(37-39)61-48-31-17-18-32-52(48)63(44-26-13-5-14-27-44,45-28-15-6-16-29-45)53-33-19-30-47(56(53)61)58(54)57-55(60(49)42-24-11-4-12-25-42)46-38-43(34-35-51(46)62-57)59(40-20-7-2-8-21-40)41-22-9-3-10-23-41/h2-38H,1H3. The zero-order chi connectivity index (χ0) is 41.6. The molecule has 0 unspecified atom stereocenters. The Bertz CT molecular complexity index is 3300. The fourth-order valence-electron chi connectivity index (χ4n) is 11.1. The van der Waals surface area contributed by atoms with E-state index in [0.29, 0.717) is 0 Å². The van der Waals surface area contributed by atoms with Crippen molar-refractivity contribution >= 4 is 124 Å². The molecule has 63 heavy (non-hydrogen) atoms. The largest absolute Gasteiger partial charge is 0.312 e. The first-order chi connectivity index (χ1) is 31.2. The summed E-state index contributed by atoms with van der Waals surface area (Å²) < 4.78 is 2.67. The Labute approximate surface area is 373 Å². The van der Waals surface area contributed by atoms with Crippen LogP contribution in [0.1, 0.15) is 5.56 Å². The predicted molar refractivity (Wildman–Crippen MR) is 272 cm³/mol. The van der Waals surface area contributed by atoms with E-state index in [1.807, 2.05) is 11.3 Å². The molecule has 0 saturated carbocycles. The highest BCUT2D eigenvalue weighted by Crippen LogP contribution is 2.50. The summed E-state index contributed by atoms with van der Waals surface area (Å²) in [6.45, 7) is 2.30. The average molecular weight is 838 g/mol. The van der Waals surface area contributed by atoms with Crippen LogP contribution in [0.3, 0.4) is 0 Å². The number of benzene rings is 9. The molecule has 0 bridgehead atoms. The van der Waals surface area contributed by atoms with Crippen LogP contribution < -0.4 is 51.1 Å². The van der Waals surface area contributed by atoms with E-state index in [1.54, 1.807) is 0 Å². The molecular formula is C57H40BN3SSi. The second kappa shape index (κ2) is 14.1. The Morgan fingerprint density at radius 2 is 1.02 bits per heavy atom. The minimum absolute atomic E-state index is 0.0282. The molecule has 0 spiro atoms. The molecule has 0 atom stereocenters. The first-order valence-electron chi connectivity index (χ1n) is 21.8. The third-order valence-electron chi connectivity index (χ3n) is 13.5. The summed E-state index contributed by atoms with van der Waals surface area (Å²) in [5.41, 5.74) is 15.0. The van der Waals surface area contributed by atoms with Crippen LogP contribution in [-0.2, 0) is 0 Å². The van der Waals surface area contributed by atoms with Crippen LogP contribution in [0.25, 0.3) is 10.1 Å². The van der Waals surface area contributed by atoms with Gasteiger partial charge in [-0.3, -0.25) is 0 Å². The quantitative estimate of drug-likeness (QED) is 0.155. The number of aryl methyl sites for hydroxylation is 1. The topological polar surface area (TPSA) is 9.72 Å². The van der Waals surface area contributed by atoms with Crippen LogP contribution in [-0.4, -0.2) is 14.8 Å². The molecule has 9 aromatic carbocycles. The van der Waals surface area contributed by atoms with Gasteiger partial charge >= 0.3 is 0 Å². The molecule has 0 amide bonds. The highest BCUT2D eigenvalue weighted by Gasteiger charge is 2.54. The molecule has 0 aliphatic carbocycles. The third-order valence-corrected chi connectivity index (χ3v) is 19.5. The molecule has 6 heteroatoms. The summed E-state index contributed by atoms with van der Waals surface area (Å²) in [7, 11) is -2.83. The van der Waals surface area contributed by atoms with Crippen molar-refractivity contribution in [2.24, 2.45) is 0 Å². The number of hydrogen-bond acceptors (Lipinski definition) is 4. The van der Waals surface area contributed by atoms with Crippen LogP contribution in [0, 0.1) is 6.92 Å². The maximum absolute atomic E-state index is 2.83. The number of nitrogens with zero attached hydrogens (tertiary/aromatic N) is 3. The summed E-state index contributed by atoms with van der Waals surface area (Å²) >= 11 is 1.96. The van der Waals surface area contributed by atoms with Gasteiger partial charge in [0.15, 0.2) is 8.07 Å². The average Bonchev–Trinajstić information content (AvgIpc) is 3.72. The van der Waals surface area contributed by atoms with E-state index in [-0.39, 0.29) is 6.71 Å². The predicted octanol–water partition coefficient (Wildman–Crippen LogP) is 10.5. The van der Waals surface area contributed by atoms with Crippen molar-refractivity contribution in [1.29, 1.82) is 0 Å². The van der Waals surface area contributed by atoms with Gasteiger partial charge in [0.05, 0.1) is 5.69 Å². The van der Waals surface area contributed by atoms with Crippen molar-refractivity contribution in [2.45, 2.75) is 6.92 Å². The van der Waals surface area contributed by atoms with E-state index >= 15 is 0 Å². The molecule has 10 aromatic rings. The van der Waals surface area contributed by atoms with Crippen molar-refractivity contribution in [3.05, 3.63) is 230 Å². The third kappa shape index (κ3) is 5.20. The monoisotopic (exact) mass is 837 g/mol. The number of para-hydroxylation sites is 5. The van der Waals surface area contributed by atoms with Crippen molar-refractivity contribution in [1.82, 2.24) is 0 Å². The van der Waals surface area contributed by atoms with E-state index in [9.17, 15) is 0 Å². The lowest BCUT2D eigenvalue weighted by molar-refractivity contribution is 1.25. The van der Waals surface area contributed by atoms with Crippen molar-refractivity contribution in [3.63, 3.8) is 0 Å². The Hall–Kier alpha value is -7.38. The van der Waals surface area contributed by atoms with Crippen LogP contribution in [0.2, 0.25) is 0 Å². The molecule has 4 heterocycles. The van der Waals surface area contributed by atoms with Gasteiger partial charge in [0.1, 0.15) is 0 Å². The number of thiophene rings is 1. The Morgan fingerprint density at radius 1 is 0.460 bits per heavy atom. The second-order valence-corrected chi connectivity index (χ2v) is 21.7. The first kappa shape index (κ1) is 36.3. The fourth-order valence-corrected chi connectivity index (χ4v) is 17.5. The highest BCUT2D eigenvalue weighted by molar-refractivity contribution is 7.34. The maximum Gasteiger partial charge on any atom is 0.264 e. The van der Waals surface area contributed by atoms with E-state index < -0.39 is 8.07 Å². The van der Waals surface area contributed by atoms with E-state index in [0.717, 1.165) is 22.7 Å². The Morgan fingerprint density at radius 3 is 1.67 bits per heavy atom. The van der Waals surface area contributed by atoms with Gasteiger partial charge in [0.25, 0.3) is 6.71 Å². The van der Waals surface area contributed by atoms with Gasteiger partial charge < -0.3 is 14.7 Å². The highest BCUT2D eigenvalue weighted by atomic mass is 32.1. The summed E-state index contributed by atoms with van der Waals surface area (Å²) in [5.74, 6) is 0. The molecule has 3 aliphatic rings. The van der Waals surface area contributed by atoms with Crippen LogP contribution in [0.5, 0.6) is 0 Å². The van der Waals surface area contributed by atoms with Gasteiger partial charge in [-0.1, -0.05) is 152 Å². The van der Waals surface area contributed by atoms with E-state index in [1.165, 1.54) is 80.5 Å². The second-order valence-electron chi connectivity index (χ2n) is 16.9. The molecule has 296 valence electrons. The van der Waals surface area contributed by atoms with Gasteiger partial charge in [-0.05, 0) is 117 Å². The van der Waals surface area contributed by atoms with Gasteiger partial charge in [-0.2, -0.15) is 0 Å². The lowest BCUT2D eigenvalue weighted by Gasteiger charge is -2.50. The van der Waals surface area contributed by atoms with Crippen LogP contribution in [0.4, 0.5) is 51.2 Å². The number of anilines is 9. The van der Waals surface area contributed by atoms with E-state index in [4.69, 9.17) is 0 Å². The zero-order valence-electron chi connectivity index (χ0n) is 34.7. The van der Waals surface area contributed by atoms with E-state index in [2.05, 4.69) is 246 Å². The zero-order valence-corrected chi connectivity index (χ0v) is 36.5. The minimum atomic E-state index is -2.83. The SMILES string of the molecule is Cc1cc2c3c(c1)N(c1ccccc1)c1c(sc4ccc(N(c5ccccc5)c5ccccc5)cc14)B3c1cccc3c1N2c1ccccc1[Si]3(c1ccccc1)c1ccccc1. The molecule has 3 aliphatic heterocycles. The Kier molecular flexibility index (Phi) is 8.11. The lowest BCUT2D eigenvalue weighted by atomic mass is 9.36. The van der Waals surface area contributed by atoms with Gasteiger partial charge in [-0.25, -0.2) is 0 Å². The molecule has 1 aromatic heterocycles. The number of rotatable bonds is 6. The maximum atomic E-state index is 2.65. The van der Waals surface area contributed by atoms with Gasteiger partial charge in [0.2, 0.25) is 0 Å². The smallest absolute Gasteiger partial charge is 0.264 e. The molecule has 0 saturated heterocycles. The molecule has 0 fully saturated rings. The van der Waals surface area contributed by atoms with Crippen LogP contribution >= 0.6 is 11.3 Å². The summed E-state index contributed by atoms with van der Waals surface area (Å²) in [6.07, 6.45) is 0. The van der Waals surface area contributed by atoms with Crippen molar-refractivity contribution in [2.75, 3.05) is 14.7 Å². The Balaban J connectivity index is 1.13. The lowest BCUT2D eigenvalue weighted by Crippen LogP contribution is -2.78. The number of fused-ring (bicyclic) bond motifs is 8. The first-order valence-corrected chi connectivity index (χ1v) is 24.6. The summed E-state index contributed by atoms with van der Waals surface area (Å²) in [4.78, 5) is 7.61. The molecule has 0 N–H and O–H groups in total. The molecule has 13 rings (SSSR count). The van der Waals surface area contributed by atoms with Crippen molar-refractivity contribution < 1.29 is 0 Å². The molecular weight excluding hydrogens is 798 g/mol. The van der Waals surface area contributed by atoms with Crippen molar-refractivity contribution in [3.8, 4) is 0 Å². The summed E-state index contributed by atoms with van der Waals surface area (Å²) in [5, 5.41) is 6.94. The molecule has 3 nitrogen and oxygen atoms in total. The van der Waals surface area contributed by atoms with Gasteiger partial charge in [-0.15, -0.1) is 11.3 Å². The van der Waals surface area contributed by atoms with Crippen LogP contribution in [0.15, 0.2) is 224 Å². The summed E-state index contributed by atoms with van der Waals surface area (Å²) in [6, 6.07) is 83.9. The molecule has 0 radical (unpaired) electrons. The fraction of sp³-hybridized carbons (Fsp3) is 0.0175. The number of hydrogen-bond donors (Lipinski definition) is 0. The minimum Gasteiger partial charge on any atom is -0.312 e. The van der Waals surface area contributed by atoms with Gasteiger partial charge in [0, 0.05) is 60.4 Å². The normalized spacial score (nSPS) is 13.8.